The molecule has 0 atom stereocenters. The highest BCUT2D eigenvalue weighted by atomic mass is 32.2. The summed E-state index contributed by atoms with van der Waals surface area (Å²) in [7, 11) is -3.48. The Balaban J connectivity index is 1.96. The molecule has 104 valence electrons. The van der Waals surface area contributed by atoms with Crippen molar-refractivity contribution in [3.05, 3.63) is 0 Å². The number of nitrogens with one attached hydrogen (secondary N) is 1. The molecule has 2 N–H and O–H groups in total. The predicted molar refractivity (Wildman–Crippen MR) is 67.7 cm³/mol. The minimum atomic E-state index is -3.48. The van der Waals surface area contributed by atoms with Gasteiger partial charge in [-0.1, -0.05) is 19.3 Å². The van der Waals surface area contributed by atoms with Crippen LogP contribution in [0.5, 0.6) is 0 Å². The molecule has 0 aromatic rings. The first-order valence-electron chi connectivity index (χ1n) is 6.69. The molecule has 0 aliphatic heterocycles. The maximum absolute atomic E-state index is 12.0. The summed E-state index contributed by atoms with van der Waals surface area (Å²) >= 11 is 0. The van der Waals surface area contributed by atoms with Crippen molar-refractivity contribution in [2.24, 2.45) is 5.92 Å². The quantitative estimate of drug-likeness (QED) is 0.796. The van der Waals surface area contributed by atoms with Crippen molar-refractivity contribution < 1.29 is 18.3 Å². The van der Waals surface area contributed by atoms with E-state index in [2.05, 4.69) is 4.72 Å². The van der Waals surface area contributed by atoms with Crippen LogP contribution in [0, 0.1) is 5.92 Å². The highest BCUT2D eigenvalue weighted by molar-refractivity contribution is 7.89. The van der Waals surface area contributed by atoms with Crippen LogP contribution >= 0.6 is 0 Å². The van der Waals surface area contributed by atoms with Gasteiger partial charge < -0.3 is 5.11 Å². The van der Waals surface area contributed by atoms with Crippen molar-refractivity contribution in [2.45, 2.75) is 56.9 Å². The molecule has 0 bridgehead atoms. The monoisotopic (exact) mass is 275 g/mol. The lowest BCUT2D eigenvalue weighted by Gasteiger charge is -2.38. The van der Waals surface area contributed by atoms with E-state index in [0.29, 0.717) is 12.8 Å². The minimum absolute atomic E-state index is 0.0853. The van der Waals surface area contributed by atoms with E-state index in [0.717, 1.165) is 32.1 Å². The van der Waals surface area contributed by atoms with Gasteiger partial charge in [-0.05, 0) is 38.0 Å². The number of carboxylic acids is 1. The zero-order chi connectivity index (χ0) is 13.2. The van der Waals surface area contributed by atoms with Crippen molar-refractivity contribution in [3.8, 4) is 0 Å². The van der Waals surface area contributed by atoms with E-state index in [1.807, 2.05) is 0 Å². The van der Waals surface area contributed by atoms with Crippen LogP contribution in [0.1, 0.15) is 51.4 Å². The summed E-state index contributed by atoms with van der Waals surface area (Å²) in [6.07, 6.45) is 6.84. The average Bonchev–Trinajstić information content (AvgIpc) is 2.24. The number of hydrogen-bond acceptors (Lipinski definition) is 3. The van der Waals surface area contributed by atoms with Crippen LogP contribution in [0.25, 0.3) is 0 Å². The molecule has 0 aromatic carbocycles. The lowest BCUT2D eigenvalue weighted by Crippen LogP contribution is -2.59. The number of carbonyl (C=O) groups is 1. The molecular weight excluding hydrogens is 254 g/mol. The van der Waals surface area contributed by atoms with Gasteiger partial charge in [0.2, 0.25) is 10.0 Å². The summed E-state index contributed by atoms with van der Waals surface area (Å²) in [5.74, 6) is -0.759. The third-order valence-corrected chi connectivity index (χ3v) is 5.76. The molecule has 0 heterocycles. The van der Waals surface area contributed by atoms with Crippen LogP contribution in [0.15, 0.2) is 0 Å². The number of aliphatic carboxylic acids is 1. The number of rotatable bonds is 5. The van der Waals surface area contributed by atoms with Gasteiger partial charge in [-0.2, -0.15) is 4.72 Å². The smallest absolute Gasteiger partial charge is 0.324 e. The topological polar surface area (TPSA) is 83.5 Å². The van der Waals surface area contributed by atoms with Crippen molar-refractivity contribution in [2.75, 3.05) is 5.75 Å². The number of sulfonamides is 1. The third kappa shape index (κ3) is 3.03. The van der Waals surface area contributed by atoms with Gasteiger partial charge in [0, 0.05) is 0 Å². The Kier molecular flexibility index (Phi) is 3.96. The Bertz CT molecular complexity index is 408. The van der Waals surface area contributed by atoms with Crippen LogP contribution in [0.3, 0.4) is 0 Å². The summed E-state index contributed by atoms with van der Waals surface area (Å²) in [6.45, 7) is 0. The van der Waals surface area contributed by atoms with Gasteiger partial charge in [-0.25, -0.2) is 8.42 Å². The van der Waals surface area contributed by atoms with Crippen LogP contribution in [-0.2, 0) is 14.8 Å². The molecule has 2 aliphatic carbocycles. The van der Waals surface area contributed by atoms with Gasteiger partial charge in [0.1, 0.15) is 5.54 Å². The molecule has 0 spiro atoms. The standard InChI is InChI=1S/C12H21NO4S/c14-11(15)12(7-4-8-12)13-18(16,17)9-10-5-2-1-3-6-10/h10,13H,1-9H2,(H,14,15). The fourth-order valence-electron chi connectivity index (χ4n) is 2.89. The fourth-order valence-corrected chi connectivity index (χ4v) is 4.82. The second kappa shape index (κ2) is 5.17. The van der Waals surface area contributed by atoms with Gasteiger partial charge in [-0.3, -0.25) is 4.79 Å². The van der Waals surface area contributed by atoms with Crippen LogP contribution in [0.4, 0.5) is 0 Å². The first-order chi connectivity index (χ1) is 8.44. The highest BCUT2D eigenvalue weighted by Gasteiger charge is 2.47. The molecule has 6 heteroatoms. The maximum atomic E-state index is 12.0. The van der Waals surface area contributed by atoms with Gasteiger partial charge in [0.15, 0.2) is 0 Å². The summed E-state index contributed by atoms with van der Waals surface area (Å²) < 4.78 is 26.5. The summed E-state index contributed by atoms with van der Waals surface area (Å²) in [6, 6.07) is 0. The van der Waals surface area contributed by atoms with E-state index >= 15 is 0 Å². The van der Waals surface area contributed by atoms with Crippen molar-refractivity contribution in [1.29, 1.82) is 0 Å². The number of carboxylic acid groups (broad SMARTS) is 1. The van der Waals surface area contributed by atoms with Crippen molar-refractivity contribution >= 4 is 16.0 Å². The molecule has 2 rings (SSSR count). The van der Waals surface area contributed by atoms with Gasteiger partial charge in [0.05, 0.1) is 5.75 Å². The SMILES string of the molecule is O=C(O)C1(NS(=O)(=O)CC2CCCCC2)CCC1. The molecule has 5 nitrogen and oxygen atoms in total. The minimum Gasteiger partial charge on any atom is -0.480 e. The zero-order valence-corrected chi connectivity index (χ0v) is 11.3. The Labute approximate surface area is 108 Å². The van der Waals surface area contributed by atoms with Gasteiger partial charge in [0.25, 0.3) is 0 Å². The fraction of sp³-hybridized carbons (Fsp3) is 0.917. The molecular formula is C12H21NO4S. The lowest BCUT2D eigenvalue weighted by atomic mass is 9.78. The first-order valence-corrected chi connectivity index (χ1v) is 8.34. The second-order valence-electron chi connectivity index (χ2n) is 5.63. The van der Waals surface area contributed by atoms with E-state index in [9.17, 15) is 13.2 Å². The predicted octanol–water partition coefficient (Wildman–Crippen LogP) is 1.49. The van der Waals surface area contributed by atoms with Crippen molar-refractivity contribution in [3.63, 3.8) is 0 Å². The van der Waals surface area contributed by atoms with Gasteiger partial charge >= 0.3 is 5.97 Å². The Morgan fingerprint density at radius 2 is 1.78 bits per heavy atom. The second-order valence-corrected chi connectivity index (χ2v) is 7.40. The summed E-state index contributed by atoms with van der Waals surface area (Å²) in [4.78, 5) is 11.1. The van der Waals surface area contributed by atoms with Crippen LogP contribution in [0.2, 0.25) is 0 Å². The van der Waals surface area contributed by atoms with Crippen molar-refractivity contribution in [1.82, 2.24) is 4.72 Å². The van der Waals surface area contributed by atoms with Crippen LogP contribution in [-0.4, -0.2) is 30.8 Å². The van der Waals surface area contributed by atoms with Crippen LogP contribution < -0.4 is 4.72 Å². The summed E-state index contributed by atoms with van der Waals surface area (Å²) in [5, 5.41) is 9.13. The molecule has 2 fully saturated rings. The summed E-state index contributed by atoms with van der Waals surface area (Å²) in [5.41, 5.74) is -1.21. The first kappa shape index (κ1) is 13.8. The molecule has 0 aromatic heterocycles. The van der Waals surface area contributed by atoms with E-state index in [4.69, 9.17) is 5.11 Å². The molecule has 0 radical (unpaired) electrons. The average molecular weight is 275 g/mol. The van der Waals surface area contributed by atoms with Gasteiger partial charge in [-0.15, -0.1) is 0 Å². The van der Waals surface area contributed by atoms with E-state index in [1.165, 1.54) is 6.42 Å². The Hall–Kier alpha value is -0.620. The molecule has 0 unspecified atom stereocenters. The maximum Gasteiger partial charge on any atom is 0.324 e. The largest absolute Gasteiger partial charge is 0.480 e. The Morgan fingerprint density at radius 1 is 1.17 bits per heavy atom. The third-order valence-electron chi connectivity index (χ3n) is 4.15. The molecule has 0 saturated heterocycles. The number of hydrogen-bond donors (Lipinski definition) is 2. The molecule has 0 amide bonds. The molecule has 18 heavy (non-hydrogen) atoms. The highest BCUT2D eigenvalue weighted by Crippen LogP contribution is 2.33. The Morgan fingerprint density at radius 3 is 2.22 bits per heavy atom. The normalized spacial score (nSPS) is 24.4. The zero-order valence-electron chi connectivity index (χ0n) is 10.5. The van der Waals surface area contributed by atoms with E-state index < -0.39 is 21.5 Å². The lowest BCUT2D eigenvalue weighted by molar-refractivity contribution is -0.147. The molecule has 2 aliphatic rings. The molecule has 2 saturated carbocycles. The van der Waals surface area contributed by atoms with E-state index in [-0.39, 0.29) is 11.7 Å². The van der Waals surface area contributed by atoms with E-state index in [1.54, 1.807) is 0 Å².